The average Bonchev–Trinajstić information content (AvgIpc) is 2.72. The molecule has 0 aliphatic carbocycles. The maximum atomic E-state index is 11.2. The van der Waals surface area contributed by atoms with Crippen LogP contribution in [0.15, 0.2) is 24.3 Å². The van der Waals surface area contributed by atoms with Crippen molar-refractivity contribution in [1.29, 1.82) is 0 Å². The van der Waals surface area contributed by atoms with Crippen molar-refractivity contribution < 1.29 is 82.0 Å². The third-order valence-electron chi connectivity index (χ3n) is 5.56. The first-order valence-corrected chi connectivity index (χ1v) is 13.4. The molecule has 0 bridgehead atoms. The van der Waals surface area contributed by atoms with Crippen LogP contribution < -0.4 is 69.1 Å². The Morgan fingerprint density at radius 2 is 1.15 bits per heavy atom. The van der Waals surface area contributed by atoms with E-state index in [4.69, 9.17) is 0 Å². The zero-order valence-corrected chi connectivity index (χ0v) is 25.8. The Hall–Kier alpha value is 0.400. The molecule has 0 fully saturated rings. The smallest absolute Gasteiger partial charge is 0.747 e. The number of aromatic carboxylic acids is 1. The van der Waals surface area contributed by atoms with Gasteiger partial charge < -0.3 is 19.4 Å². The van der Waals surface area contributed by atoms with Gasteiger partial charge >= 0.3 is 59.1 Å². The number of carbonyl (C=O) groups is 1. The summed E-state index contributed by atoms with van der Waals surface area (Å²) in [6, 6.07) is 5.75. The number of rotatable bonds is 19. The summed E-state index contributed by atoms with van der Waals surface area (Å²) in [5.41, 5.74) is 0.546. The number of carbonyl (C=O) groups excluding carboxylic acids is 1. The van der Waals surface area contributed by atoms with Crippen molar-refractivity contribution >= 4 is 21.8 Å². The van der Waals surface area contributed by atoms with E-state index in [1.165, 1.54) is 99.8 Å². The zero-order valence-electron chi connectivity index (χ0n) is 21.0. The van der Waals surface area contributed by atoms with Gasteiger partial charge in [0.2, 0.25) is 0 Å². The number of carboxylic acids is 1. The maximum absolute atomic E-state index is 11.2. The Morgan fingerprint density at radius 1 is 0.758 bits per heavy atom. The molecule has 1 aromatic rings. The van der Waals surface area contributed by atoms with E-state index in [1.807, 2.05) is 0 Å². The van der Waals surface area contributed by atoms with Crippen molar-refractivity contribution in [1.82, 2.24) is 0 Å². The summed E-state index contributed by atoms with van der Waals surface area (Å²) in [5, 5.41) is 10.9. The number of hydrogen-bond donors (Lipinski definition) is 0. The first-order valence-electron chi connectivity index (χ1n) is 11.8. The number of carboxylic acid groups (broad SMARTS) is 1. The van der Waals surface area contributed by atoms with Crippen molar-refractivity contribution in [2.45, 2.75) is 96.8 Å². The Balaban J connectivity index is 0. The second-order valence-electron chi connectivity index (χ2n) is 8.38. The molecule has 0 unspecified atom stereocenters. The third kappa shape index (κ3) is 19.3. The Kier molecular flexibility index (Phi) is 23.3. The van der Waals surface area contributed by atoms with Crippen LogP contribution in [0.3, 0.4) is 0 Å². The fourth-order valence-electron chi connectivity index (χ4n) is 3.76. The standard InChI is InChI=1S/C24H41NO5S.2Na/c1-2-3-4-5-6-7-8-9-10-11-12-13-14-15-20-25(21-31(28,29)30)23-18-16-22(17-19-23)24(26)27;;/h16-19H,2-15,20-21H2,1H3,(H,26,27)(H,28,29,30);;/q;2*+1/p-2. The zero-order chi connectivity index (χ0) is 23.0. The minimum absolute atomic E-state index is 0. The first kappa shape index (κ1) is 35.6. The van der Waals surface area contributed by atoms with Crippen molar-refractivity contribution in [3.63, 3.8) is 0 Å². The molecule has 0 aliphatic heterocycles. The van der Waals surface area contributed by atoms with Crippen LogP contribution in [-0.4, -0.2) is 31.4 Å². The summed E-state index contributed by atoms with van der Waals surface area (Å²) >= 11 is 0. The van der Waals surface area contributed by atoms with Crippen molar-refractivity contribution in [2.24, 2.45) is 0 Å². The number of unbranched alkanes of at least 4 members (excludes halogenated alkanes) is 13. The fraction of sp³-hybridized carbons (Fsp3) is 0.708. The minimum atomic E-state index is -4.42. The van der Waals surface area contributed by atoms with Gasteiger partial charge in [-0.15, -0.1) is 0 Å². The molecule has 1 aromatic carbocycles. The molecule has 1 rings (SSSR count). The predicted octanol–water partition coefficient (Wildman–Crippen LogP) is -1.15. The van der Waals surface area contributed by atoms with Gasteiger partial charge in [0.05, 0.1) is 5.97 Å². The Labute approximate surface area is 245 Å². The quantitative estimate of drug-likeness (QED) is 0.135. The largest absolute Gasteiger partial charge is 1.00 e. The molecule has 6 nitrogen and oxygen atoms in total. The van der Waals surface area contributed by atoms with Gasteiger partial charge in [0.15, 0.2) is 0 Å². The molecule has 9 heteroatoms. The second-order valence-corrected chi connectivity index (χ2v) is 9.75. The fourth-order valence-corrected chi connectivity index (χ4v) is 4.42. The van der Waals surface area contributed by atoms with Crippen LogP contribution >= 0.6 is 0 Å². The number of hydrogen-bond acceptors (Lipinski definition) is 6. The summed E-state index contributed by atoms with van der Waals surface area (Å²) in [4.78, 5) is 12.4. The molecule has 0 saturated carbocycles. The van der Waals surface area contributed by atoms with E-state index < -0.39 is 22.0 Å². The van der Waals surface area contributed by atoms with E-state index in [0.29, 0.717) is 12.2 Å². The molecular formula is C24H39NNa2O5S. The molecule has 0 spiro atoms. The average molecular weight is 500 g/mol. The predicted molar refractivity (Wildman–Crippen MR) is 123 cm³/mol. The molecule has 0 aromatic heterocycles. The minimum Gasteiger partial charge on any atom is -0.747 e. The summed E-state index contributed by atoms with van der Waals surface area (Å²) in [5.74, 6) is -1.91. The van der Waals surface area contributed by atoms with Gasteiger partial charge in [-0.3, -0.25) is 0 Å². The third-order valence-corrected chi connectivity index (χ3v) is 6.19. The van der Waals surface area contributed by atoms with Gasteiger partial charge in [-0.25, -0.2) is 8.42 Å². The van der Waals surface area contributed by atoms with E-state index in [-0.39, 0.29) is 64.7 Å². The number of benzene rings is 1. The van der Waals surface area contributed by atoms with E-state index in [1.54, 1.807) is 0 Å². The van der Waals surface area contributed by atoms with E-state index in [2.05, 4.69) is 6.92 Å². The van der Waals surface area contributed by atoms with E-state index >= 15 is 0 Å². The Bertz CT molecular complexity index is 714. The summed E-state index contributed by atoms with van der Waals surface area (Å²) in [7, 11) is -4.42. The Morgan fingerprint density at radius 3 is 1.52 bits per heavy atom. The molecule has 33 heavy (non-hydrogen) atoms. The number of anilines is 1. The SMILES string of the molecule is CCCCCCCCCCCCCCCCN(CS(=O)(=O)[O-])c1ccc(C(=O)[O-])cc1.[Na+].[Na+]. The summed E-state index contributed by atoms with van der Waals surface area (Å²) in [6.07, 6.45) is 17.3. The molecule has 0 amide bonds. The molecule has 0 radical (unpaired) electrons. The van der Waals surface area contributed by atoms with Gasteiger partial charge in [-0.2, -0.15) is 0 Å². The van der Waals surface area contributed by atoms with E-state index in [9.17, 15) is 22.9 Å². The van der Waals surface area contributed by atoms with Gasteiger partial charge in [0.1, 0.15) is 16.0 Å². The van der Waals surface area contributed by atoms with Crippen LogP contribution in [-0.2, 0) is 10.1 Å². The molecule has 0 atom stereocenters. The van der Waals surface area contributed by atoms with Crippen LogP contribution in [0, 0.1) is 0 Å². The maximum Gasteiger partial charge on any atom is 1.00 e. The first-order chi connectivity index (χ1) is 14.8. The van der Waals surface area contributed by atoms with Gasteiger partial charge in [0.25, 0.3) is 0 Å². The molecular weight excluding hydrogens is 460 g/mol. The summed E-state index contributed by atoms with van der Waals surface area (Å²) < 4.78 is 33.7. The molecule has 0 aliphatic rings. The molecule has 178 valence electrons. The van der Waals surface area contributed by atoms with Crippen LogP contribution in [0.1, 0.15) is 107 Å². The van der Waals surface area contributed by atoms with Crippen molar-refractivity contribution in [3.8, 4) is 0 Å². The number of nitrogens with zero attached hydrogens (tertiary/aromatic N) is 1. The van der Waals surface area contributed by atoms with Crippen molar-refractivity contribution in [3.05, 3.63) is 29.8 Å². The normalized spacial score (nSPS) is 10.8. The molecule has 0 heterocycles. The van der Waals surface area contributed by atoms with Crippen LogP contribution in [0.25, 0.3) is 0 Å². The topological polar surface area (TPSA) is 101 Å². The second kappa shape index (κ2) is 21.7. The van der Waals surface area contributed by atoms with Gasteiger partial charge in [0, 0.05) is 12.2 Å². The molecule has 0 N–H and O–H groups in total. The van der Waals surface area contributed by atoms with Crippen LogP contribution in [0.4, 0.5) is 5.69 Å². The van der Waals surface area contributed by atoms with Crippen LogP contribution in [0.5, 0.6) is 0 Å². The van der Waals surface area contributed by atoms with Crippen LogP contribution in [0.2, 0.25) is 0 Å². The monoisotopic (exact) mass is 499 g/mol. The van der Waals surface area contributed by atoms with Crippen molar-refractivity contribution in [2.75, 3.05) is 17.3 Å². The van der Waals surface area contributed by atoms with Gasteiger partial charge in [-0.1, -0.05) is 103 Å². The van der Waals surface area contributed by atoms with E-state index in [0.717, 1.165) is 19.3 Å². The van der Waals surface area contributed by atoms with Gasteiger partial charge in [-0.05, 0) is 24.1 Å². The molecule has 0 saturated heterocycles. The summed E-state index contributed by atoms with van der Waals surface area (Å²) in [6.45, 7) is 2.69.